The number of carbonyl (C=O) groups is 1. The standard InChI is InChI=1S/C20H21N3O5/c1-25-14-7-4-6-13(12-14)19-22-17(28-23-19)10-11-21-20(24)18-15(26-2)8-5-9-16(18)27-3/h4-9,12H,10-11H2,1-3H3,(H,21,24). The van der Waals surface area contributed by atoms with Gasteiger partial charge in [0, 0.05) is 18.5 Å². The molecule has 0 bridgehead atoms. The third kappa shape index (κ3) is 4.22. The summed E-state index contributed by atoms with van der Waals surface area (Å²) in [6, 6.07) is 12.5. The lowest BCUT2D eigenvalue weighted by Gasteiger charge is -2.12. The summed E-state index contributed by atoms with van der Waals surface area (Å²) >= 11 is 0. The zero-order chi connectivity index (χ0) is 19.9. The number of carbonyl (C=O) groups excluding carboxylic acids is 1. The molecule has 0 saturated carbocycles. The Morgan fingerprint density at radius 1 is 1.04 bits per heavy atom. The lowest BCUT2D eigenvalue weighted by atomic mass is 10.1. The molecule has 2 aromatic carbocycles. The summed E-state index contributed by atoms with van der Waals surface area (Å²) in [6.45, 7) is 0.319. The number of methoxy groups -OCH3 is 3. The summed E-state index contributed by atoms with van der Waals surface area (Å²) in [6.07, 6.45) is 0.389. The smallest absolute Gasteiger partial charge is 0.258 e. The molecule has 1 amide bonds. The van der Waals surface area contributed by atoms with Gasteiger partial charge in [0.1, 0.15) is 22.8 Å². The van der Waals surface area contributed by atoms with Gasteiger partial charge in [-0.3, -0.25) is 4.79 Å². The largest absolute Gasteiger partial charge is 0.497 e. The molecule has 8 nitrogen and oxygen atoms in total. The van der Waals surface area contributed by atoms with Crippen LogP contribution in [-0.2, 0) is 6.42 Å². The molecule has 0 saturated heterocycles. The molecule has 0 aliphatic carbocycles. The Morgan fingerprint density at radius 3 is 2.43 bits per heavy atom. The van der Waals surface area contributed by atoms with Gasteiger partial charge in [0.15, 0.2) is 0 Å². The number of rotatable bonds is 8. The summed E-state index contributed by atoms with van der Waals surface area (Å²) in [7, 11) is 4.61. The Balaban J connectivity index is 1.63. The lowest BCUT2D eigenvalue weighted by molar-refractivity contribution is 0.0947. The van der Waals surface area contributed by atoms with E-state index in [1.807, 2.05) is 24.3 Å². The summed E-state index contributed by atoms with van der Waals surface area (Å²) < 4.78 is 21.0. The molecule has 3 aromatic rings. The van der Waals surface area contributed by atoms with Crippen LogP contribution in [0.15, 0.2) is 47.0 Å². The molecule has 0 atom stereocenters. The lowest BCUT2D eigenvalue weighted by Crippen LogP contribution is -2.26. The van der Waals surface area contributed by atoms with E-state index < -0.39 is 0 Å². The minimum atomic E-state index is -0.304. The predicted octanol–water partition coefficient (Wildman–Crippen LogP) is 2.73. The molecular weight excluding hydrogens is 362 g/mol. The molecule has 0 fully saturated rings. The van der Waals surface area contributed by atoms with Crippen molar-refractivity contribution in [3.05, 3.63) is 53.9 Å². The van der Waals surface area contributed by atoms with Crippen LogP contribution in [0.4, 0.5) is 0 Å². The van der Waals surface area contributed by atoms with Crippen LogP contribution in [0.3, 0.4) is 0 Å². The van der Waals surface area contributed by atoms with Gasteiger partial charge in [0.2, 0.25) is 11.7 Å². The summed E-state index contributed by atoms with van der Waals surface area (Å²) in [5.74, 6) is 2.17. The number of hydrogen-bond acceptors (Lipinski definition) is 7. The van der Waals surface area contributed by atoms with Crippen molar-refractivity contribution in [1.82, 2.24) is 15.5 Å². The van der Waals surface area contributed by atoms with E-state index in [2.05, 4.69) is 15.5 Å². The third-order valence-corrected chi connectivity index (χ3v) is 4.08. The van der Waals surface area contributed by atoms with Crippen molar-refractivity contribution in [2.24, 2.45) is 0 Å². The van der Waals surface area contributed by atoms with Gasteiger partial charge in [-0.25, -0.2) is 0 Å². The minimum absolute atomic E-state index is 0.304. The molecule has 0 unspecified atom stereocenters. The van der Waals surface area contributed by atoms with E-state index in [0.717, 1.165) is 5.56 Å². The van der Waals surface area contributed by atoms with E-state index in [9.17, 15) is 4.79 Å². The van der Waals surface area contributed by atoms with Gasteiger partial charge in [-0.1, -0.05) is 23.4 Å². The Morgan fingerprint density at radius 2 is 1.75 bits per heavy atom. The number of amides is 1. The molecular formula is C20H21N3O5. The Hall–Kier alpha value is -3.55. The fraction of sp³-hybridized carbons (Fsp3) is 0.250. The van der Waals surface area contributed by atoms with E-state index in [1.54, 1.807) is 25.3 Å². The molecule has 0 aliphatic rings. The van der Waals surface area contributed by atoms with Gasteiger partial charge in [-0.05, 0) is 24.3 Å². The van der Waals surface area contributed by atoms with Crippen molar-refractivity contribution in [1.29, 1.82) is 0 Å². The quantitative estimate of drug-likeness (QED) is 0.639. The maximum atomic E-state index is 12.5. The fourth-order valence-corrected chi connectivity index (χ4v) is 2.68. The van der Waals surface area contributed by atoms with Crippen LogP contribution in [0.1, 0.15) is 16.2 Å². The van der Waals surface area contributed by atoms with Gasteiger partial charge in [0.05, 0.1) is 21.3 Å². The summed E-state index contributed by atoms with van der Waals surface area (Å²) in [4.78, 5) is 16.9. The first-order chi connectivity index (χ1) is 13.7. The summed E-state index contributed by atoms with van der Waals surface area (Å²) in [5.41, 5.74) is 1.13. The first-order valence-corrected chi connectivity index (χ1v) is 8.62. The van der Waals surface area contributed by atoms with E-state index >= 15 is 0 Å². The van der Waals surface area contributed by atoms with E-state index in [4.69, 9.17) is 18.7 Å². The maximum absolute atomic E-state index is 12.5. The van der Waals surface area contributed by atoms with Crippen molar-refractivity contribution in [3.63, 3.8) is 0 Å². The van der Waals surface area contributed by atoms with E-state index in [-0.39, 0.29) is 5.91 Å². The third-order valence-electron chi connectivity index (χ3n) is 4.08. The van der Waals surface area contributed by atoms with Crippen LogP contribution in [0.25, 0.3) is 11.4 Å². The van der Waals surface area contributed by atoms with Crippen molar-refractivity contribution >= 4 is 5.91 Å². The highest BCUT2D eigenvalue weighted by atomic mass is 16.5. The molecule has 146 valence electrons. The average Bonchev–Trinajstić information content (AvgIpc) is 3.22. The van der Waals surface area contributed by atoms with Crippen LogP contribution >= 0.6 is 0 Å². The van der Waals surface area contributed by atoms with Crippen LogP contribution in [-0.4, -0.2) is 43.9 Å². The molecule has 8 heteroatoms. The molecule has 1 N–H and O–H groups in total. The van der Waals surface area contributed by atoms with Gasteiger partial charge >= 0.3 is 0 Å². The Bertz CT molecular complexity index is 932. The van der Waals surface area contributed by atoms with Gasteiger partial charge < -0.3 is 24.1 Å². The van der Waals surface area contributed by atoms with E-state index in [0.29, 0.717) is 47.5 Å². The predicted molar refractivity (Wildman–Crippen MR) is 102 cm³/mol. The second-order valence-electron chi connectivity index (χ2n) is 5.79. The monoisotopic (exact) mass is 383 g/mol. The number of ether oxygens (including phenoxy) is 3. The molecule has 28 heavy (non-hydrogen) atoms. The first-order valence-electron chi connectivity index (χ1n) is 8.62. The van der Waals surface area contributed by atoms with Crippen LogP contribution in [0, 0.1) is 0 Å². The zero-order valence-electron chi connectivity index (χ0n) is 15.9. The van der Waals surface area contributed by atoms with Crippen molar-refractivity contribution in [2.75, 3.05) is 27.9 Å². The average molecular weight is 383 g/mol. The maximum Gasteiger partial charge on any atom is 0.258 e. The van der Waals surface area contributed by atoms with Gasteiger partial charge in [-0.15, -0.1) is 0 Å². The number of nitrogens with zero attached hydrogens (tertiary/aromatic N) is 2. The van der Waals surface area contributed by atoms with Gasteiger partial charge in [0.25, 0.3) is 5.91 Å². The molecule has 1 heterocycles. The van der Waals surface area contributed by atoms with Crippen LogP contribution in [0.5, 0.6) is 17.2 Å². The van der Waals surface area contributed by atoms with Crippen molar-refractivity contribution in [3.8, 4) is 28.6 Å². The summed E-state index contributed by atoms with van der Waals surface area (Å²) in [5, 5.41) is 6.80. The number of benzene rings is 2. The number of nitrogens with one attached hydrogen (secondary N) is 1. The highest BCUT2D eigenvalue weighted by molar-refractivity contribution is 5.99. The van der Waals surface area contributed by atoms with Crippen LogP contribution in [0.2, 0.25) is 0 Å². The van der Waals surface area contributed by atoms with Crippen LogP contribution < -0.4 is 19.5 Å². The number of aromatic nitrogens is 2. The number of hydrogen-bond donors (Lipinski definition) is 1. The normalized spacial score (nSPS) is 10.4. The molecule has 3 rings (SSSR count). The zero-order valence-corrected chi connectivity index (χ0v) is 15.9. The Kier molecular flexibility index (Phi) is 6.11. The first kappa shape index (κ1) is 19.2. The fourth-order valence-electron chi connectivity index (χ4n) is 2.68. The Labute approximate surface area is 162 Å². The van der Waals surface area contributed by atoms with Crippen molar-refractivity contribution in [2.45, 2.75) is 6.42 Å². The topological polar surface area (TPSA) is 95.7 Å². The molecule has 0 radical (unpaired) electrons. The SMILES string of the molecule is COc1cccc(-c2noc(CCNC(=O)c3c(OC)cccc3OC)n2)c1. The molecule has 1 aromatic heterocycles. The van der Waals surface area contributed by atoms with Crippen molar-refractivity contribution < 1.29 is 23.5 Å². The second-order valence-corrected chi connectivity index (χ2v) is 5.79. The van der Waals surface area contributed by atoms with Gasteiger partial charge in [-0.2, -0.15) is 4.98 Å². The highest BCUT2D eigenvalue weighted by Crippen LogP contribution is 2.28. The molecule has 0 spiro atoms. The minimum Gasteiger partial charge on any atom is -0.497 e. The van der Waals surface area contributed by atoms with E-state index in [1.165, 1.54) is 14.2 Å². The highest BCUT2D eigenvalue weighted by Gasteiger charge is 2.18. The molecule has 0 aliphatic heterocycles. The second kappa shape index (κ2) is 8.90.